The monoisotopic (exact) mass is 413 g/mol. The van der Waals surface area contributed by atoms with Crippen molar-refractivity contribution in [3.05, 3.63) is 58.6 Å². The van der Waals surface area contributed by atoms with E-state index in [1.165, 1.54) is 17.1 Å². The number of hydrogen-bond donors (Lipinski definition) is 2. The smallest absolute Gasteiger partial charge is 0.411 e. The fourth-order valence-electron chi connectivity index (χ4n) is 2.73. The van der Waals surface area contributed by atoms with Gasteiger partial charge in [0.2, 0.25) is 5.78 Å². The van der Waals surface area contributed by atoms with E-state index in [0.29, 0.717) is 33.4 Å². The third kappa shape index (κ3) is 3.83. The van der Waals surface area contributed by atoms with Gasteiger partial charge in [-0.2, -0.15) is 5.10 Å². The fraction of sp³-hybridized carbons (Fsp3) is 0.167. The van der Waals surface area contributed by atoms with Crippen LogP contribution in [0.2, 0.25) is 5.02 Å². The molecule has 3 aromatic heterocycles. The number of rotatable bonds is 4. The molecular weight excluding hydrogens is 398 g/mol. The first-order valence-corrected chi connectivity index (χ1v) is 9.03. The van der Waals surface area contributed by atoms with E-state index in [4.69, 9.17) is 16.3 Å². The van der Waals surface area contributed by atoms with E-state index < -0.39 is 6.09 Å². The van der Waals surface area contributed by atoms with Crippen LogP contribution >= 0.6 is 11.6 Å². The van der Waals surface area contributed by atoms with Gasteiger partial charge in [-0.05, 0) is 32.0 Å². The number of nitrogens with zero attached hydrogens (tertiary/aromatic N) is 5. The third-order valence-electron chi connectivity index (χ3n) is 3.96. The molecule has 3 heterocycles. The summed E-state index contributed by atoms with van der Waals surface area (Å²) in [6.45, 7) is 3.53. The summed E-state index contributed by atoms with van der Waals surface area (Å²) in [4.78, 5) is 32.3. The van der Waals surface area contributed by atoms with E-state index in [9.17, 15) is 9.59 Å². The van der Waals surface area contributed by atoms with Crippen LogP contribution in [0.4, 0.5) is 10.5 Å². The maximum absolute atomic E-state index is 11.8. The second kappa shape index (κ2) is 7.40. The van der Waals surface area contributed by atoms with E-state index in [-0.39, 0.29) is 11.8 Å². The highest BCUT2D eigenvalue weighted by Crippen LogP contribution is 2.29. The van der Waals surface area contributed by atoms with Crippen LogP contribution < -0.4 is 11.0 Å². The minimum atomic E-state index is -0.567. The van der Waals surface area contributed by atoms with Gasteiger partial charge in [0.1, 0.15) is 6.33 Å². The molecule has 0 radical (unpaired) electrons. The first-order valence-electron chi connectivity index (χ1n) is 8.65. The first-order chi connectivity index (χ1) is 13.9. The molecule has 4 rings (SSSR count). The summed E-state index contributed by atoms with van der Waals surface area (Å²) in [5.74, 6) is 0.421. The second-order valence-corrected chi connectivity index (χ2v) is 6.86. The van der Waals surface area contributed by atoms with Gasteiger partial charge in [-0.15, -0.1) is 0 Å². The molecule has 10 nitrogen and oxygen atoms in total. The summed E-state index contributed by atoms with van der Waals surface area (Å²) in [6.07, 6.45) is 5.46. The Labute approximate surface area is 169 Å². The van der Waals surface area contributed by atoms with Crippen LogP contribution in [0, 0.1) is 0 Å². The Morgan fingerprint density at radius 1 is 1.31 bits per heavy atom. The van der Waals surface area contributed by atoms with Gasteiger partial charge in [0.15, 0.2) is 0 Å². The van der Waals surface area contributed by atoms with Crippen molar-refractivity contribution in [2.75, 3.05) is 5.32 Å². The van der Waals surface area contributed by atoms with Crippen LogP contribution in [0.3, 0.4) is 0 Å². The lowest BCUT2D eigenvalue weighted by Gasteiger charge is -2.09. The summed E-state index contributed by atoms with van der Waals surface area (Å²) in [6, 6.07) is 5.12. The standard InChI is InChI=1S/C18H16ClN7O3/c1-10(2)29-18(28)22-11-6-20-16-23-15(8-25(16)7-11)13-5-12(3-4-14(13)19)26-9-21-24-17(26)27/h3-10H,1-2H3,(H,22,28)(H,24,27). The van der Waals surface area contributed by atoms with Crippen molar-refractivity contribution in [2.45, 2.75) is 20.0 Å². The second-order valence-electron chi connectivity index (χ2n) is 6.45. The van der Waals surface area contributed by atoms with Gasteiger partial charge in [-0.25, -0.2) is 29.2 Å². The highest BCUT2D eigenvalue weighted by molar-refractivity contribution is 6.33. The zero-order valence-electron chi connectivity index (χ0n) is 15.5. The van der Waals surface area contributed by atoms with E-state index in [0.717, 1.165) is 0 Å². The molecule has 0 aliphatic rings. The molecule has 0 bridgehead atoms. The zero-order valence-corrected chi connectivity index (χ0v) is 16.2. The highest BCUT2D eigenvalue weighted by Gasteiger charge is 2.13. The number of carbonyl (C=O) groups is 1. The Bertz CT molecular complexity index is 1260. The summed E-state index contributed by atoms with van der Waals surface area (Å²) in [5, 5.41) is 9.15. The molecule has 2 N–H and O–H groups in total. The summed E-state index contributed by atoms with van der Waals surface area (Å²) in [7, 11) is 0. The lowest BCUT2D eigenvalue weighted by Crippen LogP contribution is -2.18. The number of amides is 1. The van der Waals surface area contributed by atoms with E-state index in [1.807, 2.05) is 0 Å². The molecular formula is C18H16ClN7O3. The van der Waals surface area contributed by atoms with E-state index >= 15 is 0 Å². The van der Waals surface area contributed by atoms with Crippen LogP contribution in [0.5, 0.6) is 0 Å². The number of H-pyrrole nitrogens is 1. The lowest BCUT2D eigenvalue weighted by molar-refractivity contribution is 0.130. The van der Waals surface area contributed by atoms with Crippen LogP contribution in [0.1, 0.15) is 13.8 Å². The molecule has 11 heteroatoms. The maximum Gasteiger partial charge on any atom is 0.411 e. The van der Waals surface area contributed by atoms with Crippen molar-refractivity contribution >= 4 is 29.2 Å². The topological polar surface area (TPSA) is 119 Å². The number of fused-ring (bicyclic) bond motifs is 1. The number of anilines is 1. The molecule has 0 saturated carbocycles. The first kappa shape index (κ1) is 18.7. The average Bonchev–Trinajstić information content (AvgIpc) is 3.27. The number of nitrogens with one attached hydrogen (secondary N) is 2. The number of ether oxygens (including phenoxy) is 1. The fourth-order valence-corrected chi connectivity index (χ4v) is 2.95. The van der Waals surface area contributed by atoms with Gasteiger partial charge in [0.25, 0.3) is 0 Å². The molecule has 1 amide bonds. The van der Waals surface area contributed by atoms with Crippen LogP contribution in [-0.4, -0.2) is 41.3 Å². The number of hydrogen-bond acceptors (Lipinski definition) is 6. The maximum atomic E-state index is 11.8. The molecule has 0 atom stereocenters. The number of imidazole rings is 1. The van der Waals surface area contributed by atoms with Crippen LogP contribution in [0.15, 0.2) is 47.9 Å². The van der Waals surface area contributed by atoms with Gasteiger partial charge in [0, 0.05) is 18.0 Å². The highest BCUT2D eigenvalue weighted by atomic mass is 35.5. The molecule has 4 aromatic rings. The Hall–Kier alpha value is -3.66. The van der Waals surface area contributed by atoms with E-state index in [2.05, 4.69) is 25.5 Å². The zero-order chi connectivity index (χ0) is 20.5. The summed E-state index contributed by atoms with van der Waals surface area (Å²) < 4.78 is 8.08. The van der Waals surface area contributed by atoms with Gasteiger partial charge in [0.05, 0.1) is 34.4 Å². The van der Waals surface area contributed by atoms with Crippen molar-refractivity contribution in [3.8, 4) is 16.9 Å². The van der Waals surface area contributed by atoms with Crippen molar-refractivity contribution < 1.29 is 9.53 Å². The third-order valence-corrected chi connectivity index (χ3v) is 4.29. The Morgan fingerprint density at radius 3 is 2.86 bits per heavy atom. The Morgan fingerprint density at radius 2 is 2.14 bits per heavy atom. The van der Waals surface area contributed by atoms with Gasteiger partial charge < -0.3 is 4.74 Å². The number of aromatic nitrogens is 6. The van der Waals surface area contributed by atoms with Crippen molar-refractivity contribution in [2.24, 2.45) is 0 Å². The van der Waals surface area contributed by atoms with Gasteiger partial charge >= 0.3 is 11.8 Å². The largest absolute Gasteiger partial charge is 0.447 e. The SMILES string of the molecule is CC(C)OC(=O)Nc1cnc2nc(-c3cc(-n4cn[nH]c4=O)ccc3Cl)cn2c1. The number of carbonyl (C=O) groups excluding carboxylic acids is 1. The van der Waals surface area contributed by atoms with Gasteiger partial charge in [-0.1, -0.05) is 11.6 Å². The molecule has 0 fully saturated rings. The van der Waals surface area contributed by atoms with Crippen LogP contribution in [-0.2, 0) is 4.74 Å². The lowest BCUT2D eigenvalue weighted by atomic mass is 10.1. The molecule has 0 spiro atoms. The molecule has 0 aliphatic carbocycles. The van der Waals surface area contributed by atoms with Crippen LogP contribution in [0.25, 0.3) is 22.7 Å². The predicted molar refractivity (Wildman–Crippen MR) is 106 cm³/mol. The van der Waals surface area contributed by atoms with Crippen molar-refractivity contribution in [1.82, 2.24) is 29.1 Å². The molecule has 1 aromatic carbocycles. The number of aromatic amines is 1. The predicted octanol–water partition coefficient (Wildman–Crippen LogP) is 2.88. The Balaban J connectivity index is 1.69. The minimum Gasteiger partial charge on any atom is -0.447 e. The summed E-state index contributed by atoms with van der Waals surface area (Å²) in [5.41, 5.74) is 1.86. The molecule has 0 unspecified atom stereocenters. The quantitative estimate of drug-likeness (QED) is 0.531. The number of halogens is 1. The number of benzene rings is 1. The molecule has 0 aliphatic heterocycles. The molecule has 29 heavy (non-hydrogen) atoms. The minimum absolute atomic E-state index is 0.233. The molecule has 148 valence electrons. The summed E-state index contributed by atoms with van der Waals surface area (Å²) >= 11 is 6.35. The average molecular weight is 414 g/mol. The van der Waals surface area contributed by atoms with Crippen molar-refractivity contribution in [3.63, 3.8) is 0 Å². The normalized spacial score (nSPS) is 11.2. The van der Waals surface area contributed by atoms with Gasteiger partial charge in [-0.3, -0.25) is 9.72 Å². The van der Waals surface area contributed by atoms with E-state index in [1.54, 1.807) is 48.8 Å². The Kier molecular flexibility index (Phi) is 4.77. The van der Waals surface area contributed by atoms with Crippen molar-refractivity contribution in [1.29, 1.82) is 0 Å². The molecule has 0 saturated heterocycles.